The Hall–Kier alpha value is -2.86. The largest absolute Gasteiger partial charge is 0.457 e. The van der Waals surface area contributed by atoms with Crippen molar-refractivity contribution in [2.45, 2.75) is 44.4 Å². The van der Waals surface area contributed by atoms with Crippen molar-refractivity contribution < 1.29 is 14.3 Å². The van der Waals surface area contributed by atoms with Gasteiger partial charge in [0.2, 0.25) is 11.8 Å². The Kier molecular flexibility index (Phi) is 7.14. The molecular weight excluding hydrogens is 426 g/mol. The van der Waals surface area contributed by atoms with Gasteiger partial charge in [-0.1, -0.05) is 55.7 Å². The smallest absolute Gasteiger partial charge is 0.224 e. The van der Waals surface area contributed by atoms with Crippen molar-refractivity contribution in [3.8, 4) is 11.5 Å². The van der Waals surface area contributed by atoms with Gasteiger partial charge in [-0.05, 0) is 37.3 Å². The first-order valence-corrected chi connectivity index (χ1v) is 12.8. The molecule has 3 N–H and O–H groups in total. The number of ether oxygens (including phenoxy) is 1. The monoisotopic (exact) mass is 461 g/mol. The lowest BCUT2D eigenvalue weighted by atomic mass is 9.86. The Bertz CT molecular complexity index is 972. The Morgan fingerprint density at radius 2 is 1.35 bits per heavy atom. The van der Waals surface area contributed by atoms with E-state index in [1.807, 2.05) is 36.4 Å². The number of para-hydroxylation sites is 2. The highest BCUT2D eigenvalue weighted by Crippen LogP contribution is 2.43. The summed E-state index contributed by atoms with van der Waals surface area (Å²) in [6, 6.07) is 16.0. The topological polar surface area (TPSA) is 79.5 Å². The summed E-state index contributed by atoms with van der Waals surface area (Å²) in [4.78, 5) is 25.9. The zero-order valence-electron chi connectivity index (χ0n) is 19.7. The van der Waals surface area contributed by atoms with Crippen LogP contribution in [-0.2, 0) is 9.59 Å². The van der Waals surface area contributed by atoms with Crippen LogP contribution in [0.2, 0.25) is 0 Å². The van der Waals surface area contributed by atoms with Gasteiger partial charge in [-0.3, -0.25) is 9.59 Å². The molecule has 5 rings (SSSR count). The first-order chi connectivity index (χ1) is 16.7. The number of rotatable bonds is 6. The molecule has 2 aromatic rings. The summed E-state index contributed by atoms with van der Waals surface area (Å²) >= 11 is 0. The van der Waals surface area contributed by atoms with Gasteiger partial charge in [0.05, 0.1) is 11.8 Å². The van der Waals surface area contributed by atoms with Gasteiger partial charge < -0.3 is 20.7 Å². The lowest BCUT2D eigenvalue weighted by molar-refractivity contribution is -0.129. The van der Waals surface area contributed by atoms with E-state index < -0.39 is 0 Å². The van der Waals surface area contributed by atoms with Gasteiger partial charge in [0.1, 0.15) is 11.5 Å². The van der Waals surface area contributed by atoms with E-state index >= 15 is 0 Å². The molecule has 2 fully saturated rings. The molecule has 2 heterocycles. The van der Waals surface area contributed by atoms with E-state index in [0.29, 0.717) is 32.0 Å². The predicted octanol–water partition coefficient (Wildman–Crippen LogP) is 3.96. The van der Waals surface area contributed by atoms with Crippen LogP contribution in [0.3, 0.4) is 0 Å². The SMILES string of the molecule is O=C(NCC1c2ccccc2Oc2ccccc21)[C@@H]1CNC[C@H](C(=O)NCC2CCCCC2)C1. The zero-order valence-corrected chi connectivity index (χ0v) is 19.7. The first kappa shape index (κ1) is 22.9. The molecule has 0 spiro atoms. The van der Waals surface area contributed by atoms with E-state index in [1.165, 1.54) is 32.1 Å². The maximum Gasteiger partial charge on any atom is 0.224 e. The fraction of sp³-hybridized carbons (Fsp3) is 0.500. The van der Waals surface area contributed by atoms with E-state index in [-0.39, 0.29) is 29.6 Å². The van der Waals surface area contributed by atoms with E-state index in [2.05, 4.69) is 28.1 Å². The first-order valence-electron chi connectivity index (χ1n) is 12.8. The summed E-state index contributed by atoms with van der Waals surface area (Å²) in [6.07, 6.45) is 6.89. The van der Waals surface area contributed by atoms with Crippen LogP contribution in [0.15, 0.2) is 48.5 Å². The number of amides is 2. The van der Waals surface area contributed by atoms with E-state index in [9.17, 15) is 9.59 Å². The molecule has 2 amide bonds. The second-order valence-corrected chi connectivity index (χ2v) is 10.0. The molecule has 1 saturated heterocycles. The minimum Gasteiger partial charge on any atom is -0.457 e. The number of hydrogen-bond acceptors (Lipinski definition) is 4. The van der Waals surface area contributed by atoms with Crippen molar-refractivity contribution in [2.75, 3.05) is 26.2 Å². The number of benzene rings is 2. The Morgan fingerprint density at radius 1 is 0.794 bits per heavy atom. The Balaban J connectivity index is 1.18. The number of nitrogens with one attached hydrogen (secondary N) is 3. The quantitative estimate of drug-likeness (QED) is 0.608. The standard InChI is InChI=1S/C28H35N3O3/c32-27(30-15-19-8-2-1-3-9-19)20-14-21(17-29-16-20)28(33)31-18-24-22-10-4-6-12-25(22)34-26-13-7-5-11-23(24)26/h4-7,10-13,19-21,24,29H,1-3,8-9,14-18H2,(H,30,32)(H,31,33)/t20-,21+/m1/s1. The zero-order chi connectivity index (χ0) is 23.3. The fourth-order valence-electron chi connectivity index (χ4n) is 5.70. The number of carbonyl (C=O) groups is 2. The summed E-state index contributed by atoms with van der Waals surface area (Å²) in [5, 5.41) is 9.66. The van der Waals surface area contributed by atoms with Crippen molar-refractivity contribution in [3.05, 3.63) is 59.7 Å². The van der Waals surface area contributed by atoms with Crippen LogP contribution in [0.4, 0.5) is 0 Å². The van der Waals surface area contributed by atoms with Crippen molar-refractivity contribution in [1.82, 2.24) is 16.0 Å². The molecule has 180 valence electrons. The number of carbonyl (C=O) groups excluding carboxylic acids is 2. The van der Waals surface area contributed by atoms with Gasteiger partial charge in [-0.2, -0.15) is 0 Å². The minimum absolute atomic E-state index is 0.0127. The summed E-state index contributed by atoms with van der Waals surface area (Å²) in [7, 11) is 0. The van der Waals surface area contributed by atoms with Crippen LogP contribution >= 0.6 is 0 Å². The molecule has 2 atom stereocenters. The second-order valence-electron chi connectivity index (χ2n) is 10.0. The Labute approximate surface area is 201 Å². The molecule has 0 aromatic heterocycles. The molecule has 2 aromatic carbocycles. The highest BCUT2D eigenvalue weighted by Gasteiger charge is 2.33. The van der Waals surface area contributed by atoms with Crippen LogP contribution in [0.1, 0.15) is 55.6 Å². The van der Waals surface area contributed by atoms with E-state index in [1.54, 1.807) is 0 Å². The third kappa shape index (κ3) is 5.12. The van der Waals surface area contributed by atoms with Crippen molar-refractivity contribution >= 4 is 11.8 Å². The lowest BCUT2D eigenvalue weighted by Gasteiger charge is -2.31. The minimum atomic E-state index is -0.204. The lowest BCUT2D eigenvalue weighted by Crippen LogP contribution is -2.49. The number of piperidine rings is 1. The van der Waals surface area contributed by atoms with E-state index in [0.717, 1.165) is 29.2 Å². The molecule has 0 radical (unpaired) electrons. The molecule has 2 aliphatic heterocycles. The van der Waals surface area contributed by atoms with Gasteiger partial charge in [0, 0.05) is 43.2 Å². The summed E-state index contributed by atoms with van der Waals surface area (Å²) in [5.41, 5.74) is 2.17. The molecule has 0 bridgehead atoms. The van der Waals surface area contributed by atoms with Crippen LogP contribution in [-0.4, -0.2) is 38.0 Å². The molecular formula is C28H35N3O3. The molecule has 34 heavy (non-hydrogen) atoms. The maximum absolute atomic E-state index is 13.1. The molecule has 6 nitrogen and oxygen atoms in total. The average Bonchev–Trinajstić information content (AvgIpc) is 2.90. The summed E-state index contributed by atoms with van der Waals surface area (Å²) in [5.74, 6) is 2.07. The number of hydrogen-bond donors (Lipinski definition) is 3. The molecule has 0 unspecified atom stereocenters. The predicted molar refractivity (Wildman–Crippen MR) is 132 cm³/mol. The highest BCUT2D eigenvalue weighted by atomic mass is 16.5. The van der Waals surface area contributed by atoms with Crippen molar-refractivity contribution in [1.29, 1.82) is 0 Å². The normalized spacial score (nSPS) is 22.7. The van der Waals surface area contributed by atoms with Gasteiger partial charge in [0.15, 0.2) is 0 Å². The van der Waals surface area contributed by atoms with Crippen LogP contribution < -0.4 is 20.7 Å². The van der Waals surface area contributed by atoms with Crippen molar-refractivity contribution in [3.63, 3.8) is 0 Å². The highest BCUT2D eigenvalue weighted by molar-refractivity contribution is 5.83. The third-order valence-corrected chi connectivity index (χ3v) is 7.67. The summed E-state index contributed by atoms with van der Waals surface area (Å²) < 4.78 is 6.07. The van der Waals surface area contributed by atoms with Gasteiger partial charge in [-0.25, -0.2) is 0 Å². The van der Waals surface area contributed by atoms with Crippen LogP contribution in [0.25, 0.3) is 0 Å². The fourth-order valence-corrected chi connectivity index (χ4v) is 5.70. The number of fused-ring (bicyclic) bond motifs is 2. The van der Waals surface area contributed by atoms with Gasteiger partial charge >= 0.3 is 0 Å². The van der Waals surface area contributed by atoms with E-state index in [4.69, 9.17) is 4.74 Å². The molecule has 3 aliphatic rings. The van der Waals surface area contributed by atoms with Gasteiger partial charge in [0.25, 0.3) is 0 Å². The second kappa shape index (κ2) is 10.6. The molecule has 1 aliphatic carbocycles. The third-order valence-electron chi connectivity index (χ3n) is 7.67. The Morgan fingerprint density at radius 3 is 1.97 bits per heavy atom. The van der Waals surface area contributed by atoms with Crippen LogP contribution in [0.5, 0.6) is 11.5 Å². The maximum atomic E-state index is 13.1. The molecule has 1 saturated carbocycles. The summed E-state index contributed by atoms with van der Waals surface area (Å²) in [6.45, 7) is 2.53. The molecule has 6 heteroatoms. The van der Waals surface area contributed by atoms with Gasteiger partial charge in [-0.15, -0.1) is 0 Å². The van der Waals surface area contributed by atoms with Crippen LogP contribution in [0, 0.1) is 17.8 Å². The van der Waals surface area contributed by atoms with Crippen molar-refractivity contribution in [2.24, 2.45) is 17.8 Å². The average molecular weight is 462 g/mol.